The molecule has 0 aromatic rings. The van der Waals surface area contributed by atoms with Gasteiger partial charge in [0.25, 0.3) is 0 Å². The monoisotopic (exact) mass is 236 g/mol. The molecule has 2 saturated carbocycles. The van der Waals surface area contributed by atoms with E-state index in [4.69, 9.17) is 0 Å². The van der Waals surface area contributed by atoms with Gasteiger partial charge in [-0.05, 0) is 42.9 Å². The van der Waals surface area contributed by atoms with Crippen molar-refractivity contribution in [2.24, 2.45) is 22.7 Å². The van der Waals surface area contributed by atoms with Gasteiger partial charge in [-0.25, -0.2) is 0 Å². The predicted octanol–water partition coefficient (Wildman–Crippen LogP) is 4.17. The Hall–Kier alpha value is -0.300. The van der Waals surface area contributed by atoms with E-state index in [1.165, 1.54) is 19.3 Å². The van der Waals surface area contributed by atoms with Crippen LogP contribution in [0.4, 0.5) is 0 Å². The first-order chi connectivity index (χ1) is 7.78. The summed E-state index contributed by atoms with van der Waals surface area (Å²) in [7, 11) is 0. The van der Waals surface area contributed by atoms with E-state index >= 15 is 0 Å². The number of aliphatic hydroxyl groups is 1. The summed E-state index contributed by atoms with van der Waals surface area (Å²) in [4.78, 5) is 0. The highest BCUT2D eigenvalue weighted by atomic mass is 16.3. The fourth-order valence-electron chi connectivity index (χ4n) is 4.94. The molecule has 0 saturated heterocycles. The molecule has 2 aliphatic rings. The van der Waals surface area contributed by atoms with Gasteiger partial charge >= 0.3 is 0 Å². The molecule has 1 nitrogen and oxygen atoms in total. The molecule has 0 aromatic heterocycles. The third-order valence-corrected chi connectivity index (χ3v) is 6.10. The van der Waals surface area contributed by atoms with Crippen molar-refractivity contribution in [2.75, 3.05) is 0 Å². The average molecular weight is 236 g/mol. The molecule has 2 aliphatic carbocycles. The molecule has 0 aliphatic heterocycles. The summed E-state index contributed by atoms with van der Waals surface area (Å²) in [5.74, 6) is 0.970. The van der Waals surface area contributed by atoms with E-state index in [-0.39, 0.29) is 5.41 Å². The van der Waals surface area contributed by atoms with Crippen LogP contribution in [0.15, 0.2) is 12.7 Å². The largest absolute Gasteiger partial charge is 0.385 e. The topological polar surface area (TPSA) is 20.2 Å². The highest BCUT2D eigenvalue weighted by Crippen LogP contribution is 2.62. The van der Waals surface area contributed by atoms with Crippen LogP contribution in [0.1, 0.15) is 59.8 Å². The molecule has 98 valence electrons. The minimum atomic E-state index is -0.673. The standard InChI is InChI=1S/C16H28O/c1-6-16(17)12(2)8-9-13-14(3,4)10-7-11-15(13,16)5/h6,12-13,17H,1,7-11H2,2-5H3/t12-,13?,15+,16-/m1/s1. The van der Waals surface area contributed by atoms with Gasteiger partial charge in [-0.2, -0.15) is 0 Å². The van der Waals surface area contributed by atoms with E-state index in [0.29, 0.717) is 17.3 Å². The Kier molecular flexibility index (Phi) is 2.97. The Labute approximate surface area is 106 Å². The number of rotatable bonds is 1. The molecular weight excluding hydrogens is 208 g/mol. The van der Waals surface area contributed by atoms with Gasteiger partial charge in [0.1, 0.15) is 0 Å². The van der Waals surface area contributed by atoms with Gasteiger partial charge in [0.05, 0.1) is 5.60 Å². The van der Waals surface area contributed by atoms with Gasteiger partial charge in [0, 0.05) is 5.41 Å². The number of hydrogen-bond donors (Lipinski definition) is 1. The van der Waals surface area contributed by atoms with Crippen molar-refractivity contribution in [1.82, 2.24) is 0 Å². The zero-order valence-corrected chi connectivity index (χ0v) is 11.9. The van der Waals surface area contributed by atoms with Crippen LogP contribution in [0.25, 0.3) is 0 Å². The van der Waals surface area contributed by atoms with Crippen LogP contribution >= 0.6 is 0 Å². The highest BCUT2D eigenvalue weighted by Gasteiger charge is 2.59. The van der Waals surface area contributed by atoms with Gasteiger partial charge in [0.15, 0.2) is 0 Å². The lowest BCUT2D eigenvalue weighted by molar-refractivity contribution is -0.181. The zero-order chi connectivity index (χ0) is 12.9. The van der Waals surface area contributed by atoms with Crippen LogP contribution in [0.3, 0.4) is 0 Å². The molecule has 0 amide bonds. The number of hydrogen-bond acceptors (Lipinski definition) is 1. The molecule has 0 bridgehead atoms. The van der Waals surface area contributed by atoms with Gasteiger partial charge < -0.3 is 5.11 Å². The Morgan fingerprint density at radius 3 is 2.41 bits per heavy atom. The predicted molar refractivity (Wildman–Crippen MR) is 72.8 cm³/mol. The second-order valence-electron chi connectivity index (χ2n) is 7.32. The Morgan fingerprint density at radius 1 is 1.18 bits per heavy atom. The first-order valence-corrected chi connectivity index (χ1v) is 7.14. The molecule has 1 unspecified atom stereocenters. The molecule has 2 fully saturated rings. The summed E-state index contributed by atoms with van der Waals surface area (Å²) in [6.07, 6.45) is 7.92. The third-order valence-electron chi connectivity index (χ3n) is 6.10. The van der Waals surface area contributed by atoms with Crippen molar-refractivity contribution >= 4 is 0 Å². The molecule has 17 heavy (non-hydrogen) atoms. The Morgan fingerprint density at radius 2 is 1.82 bits per heavy atom. The molecule has 1 heteroatoms. The van der Waals surface area contributed by atoms with E-state index in [0.717, 1.165) is 12.8 Å². The van der Waals surface area contributed by atoms with E-state index in [1.807, 2.05) is 6.08 Å². The molecule has 0 aromatic carbocycles. The second kappa shape index (κ2) is 3.85. The van der Waals surface area contributed by atoms with Gasteiger partial charge in [-0.1, -0.05) is 40.2 Å². The molecule has 1 N–H and O–H groups in total. The second-order valence-corrected chi connectivity index (χ2v) is 7.32. The maximum absolute atomic E-state index is 11.1. The van der Waals surface area contributed by atoms with Crippen LogP contribution in [0.5, 0.6) is 0 Å². The Balaban J connectivity index is 2.45. The summed E-state index contributed by atoms with van der Waals surface area (Å²) in [5, 5.41) is 11.1. The molecular formula is C16H28O. The molecule has 0 heterocycles. The summed E-state index contributed by atoms with van der Waals surface area (Å²) in [6.45, 7) is 13.2. The quantitative estimate of drug-likeness (QED) is 0.678. The fourth-order valence-corrected chi connectivity index (χ4v) is 4.94. The molecule has 0 radical (unpaired) electrons. The van der Waals surface area contributed by atoms with E-state index in [1.54, 1.807) is 0 Å². The summed E-state index contributed by atoms with van der Waals surface area (Å²) in [5.41, 5.74) is -0.286. The lowest BCUT2D eigenvalue weighted by Gasteiger charge is -2.62. The lowest BCUT2D eigenvalue weighted by Crippen LogP contribution is -2.61. The molecule has 0 spiro atoms. The van der Waals surface area contributed by atoms with Gasteiger partial charge in [-0.15, -0.1) is 6.58 Å². The Bertz CT molecular complexity index is 319. The van der Waals surface area contributed by atoms with Crippen LogP contribution in [-0.2, 0) is 0 Å². The van der Waals surface area contributed by atoms with Crippen LogP contribution < -0.4 is 0 Å². The fraction of sp³-hybridized carbons (Fsp3) is 0.875. The normalized spacial score (nSPS) is 49.5. The van der Waals surface area contributed by atoms with E-state index < -0.39 is 5.60 Å². The molecule has 4 atom stereocenters. The van der Waals surface area contributed by atoms with Crippen molar-refractivity contribution in [3.05, 3.63) is 12.7 Å². The lowest BCUT2D eigenvalue weighted by atomic mass is 9.45. The van der Waals surface area contributed by atoms with Crippen molar-refractivity contribution in [3.8, 4) is 0 Å². The van der Waals surface area contributed by atoms with Crippen LogP contribution in [0.2, 0.25) is 0 Å². The average Bonchev–Trinajstić information content (AvgIpc) is 2.24. The van der Waals surface area contributed by atoms with Crippen molar-refractivity contribution in [1.29, 1.82) is 0 Å². The van der Waals surface area contributed by atoms with Gasteiger partial charge in [0.2, 0.25) is 0 Å². The smallest absolute Gasteiger partial charge is 0.0906 e. The first kappa shape index (κ1) is 13.1. The van der Waals surface area contributed by atoms with Gasteiger partial charge in [-0.3, -0.25) is 0 Å². The van der Waals surface area contributed by atoms with Crippen LogP contribution in [-0.4, -0.2) is 10.7 Å². The van der Waals surface area contributed by atoms with Crippen molar-refractivity contribution in [3.63, 3.8) is 0 Å². The molecule has 2 rings (SSSR count). The first-order valence-electron chi connectivity index (χ1n) is 7.14. The van der Waals surface area contributed by atoms with Crippen molar-refractivity contribution in [2.45, 2.75) is 65.4 Å². The maximum atomic E-state index is 11.1. The van der Waals surface area contributed by atoms with E-state index in [2.05, 4.69) is 34.3 Å². The van der Waals surface area contributed by atoms with E-state index in [9.17, 15) is 5.11 Å². The minimum Gasteiger partial charge on any atom is -0.385 e. The summed E-state index contributed by atoms with van der Waals surface area (Å²) < 4.78 is 0. The third kappa shape index (κ3) is 1.62. The highest BCUT2D eigenvalue weighted by molar-refractivity contribution is 5.17. The number of fused-ring (bicyclic) bond motifs is 1. The minimum absolute atomic E-state index is 0.0220. The zero-order valence-electron chi connectivity index (χ0n) is 11.9. The van der Waals surface area contributed by atoms with Crippen LogP contribution in [0, 0.1) is 22.7 Å². The summed E-state index contributed by atoms with van der Waals surface area (Å²) in [6, 6.07) is 0. The maximum Gasteiger partial charge on any atom is 0.0906 e. The summed E-state index contributed by atoms with van der Waals surface area (Å²) >= 11 is 0. The SMILES string of the molecule is C=C[C@@]1(O)[C@H](C)CCC2C(C)(C)CCC[C@@]21C. The van der Waals surface area contributed by atoms with Crippen molar-refractivity contribution < 1.29 is 5.11 Å².